The van der Waals surface area contributed by atoms with Crippen molar-refractivity contribution in [3.05, 3.63) is 36.0 Å². The minimum atomic E-state index is -0.888. The van der Waals surface area contributed by atoms with Crippen molar-refractivity contribution in [1.82, 2.24) is 4.98 Å². The molecule has 1 aromatic carbocycles. The molecule has 2 aromatic rings. The van der Waals surface area contributed by atoms with E-state index in [0.717, 1.165) is 6.07 Å². The highest BCUT2D eigenvalue weighted by Gasteiger charge is 2.09. The molecule has 72 valence electrons. The summed E-state index contributed by atoms with van der Waals surface area (Å²) in [7, 11) is 0. The molecular formula is C9H7F2N3. The van der Waals surface area contributed by atoms with Crippen molar-refractivity contribution in [2.45, 2.75) is 0 Å². The number of benzene rings is 1. The lowest BCUT2D eigenvalue weighted by molar-refractivity contribution is 0.517. The second-order valence-electron chi connectivity index (χ2n) is 2.76. The quantitative estimate of drug-likeness (QED) is 0.538. The Morgan fingerprint density at radius 3 is 2.64 bits per heavy atom. The van der Waals surface area contributed by atoms with E-state index in [0.29, 0.717) is 11.2 Å². The summed E-state index contributed by atoms with van der Waals surface area (Å²) in [5, 5.41) is 0.613. The fourth-order valence-corrected chi connectivity index (χ4v) is 1.31. The molecule has 1 aromatic heterocycles. The Morgan fingerprint density at radius 1 is 1.14 bits per heavy atom. The van der Waals surface area contributed by atoms with Gasteiger partial charge < -0.3 is 5.43 Å². The molecule has 0 amide bonds. The topological polar surface area (TPSA) is 50.9 Å². The molecule has 0 spiro atoms. The van der Waals surface area contributed by atoms with Gasteiger partial charge in [-0.2, -0.15) is 0 Å². The third kappa shape index (κ3) is 1.18. The number of halogens is 2. The normalized spacial score (nSPS) is 10.5. The first kappa shape index (κ1) is 8.83. The van der Waals surface area contributed by atoms with Gasteiger partial charge in [-0.1, -0.05) is 0 Å². The number of aromatic nitrogens is 1. The summed E-state index contributed by atoms with van der Waals surface area (Å²) in [4.78, 5) is 3.87. The van der Waals surface area contributed by atoms with Gasteiger partial charge in [-0.25, -0.2) is 19.6 Å². The smallest absolute Gasteiger partial charge is 0.166 e. The van der Waals surface area contributed by atoms with Crippen LogP contribution >= 0.6 is 0 Å². The van der Waals surface area contributed by atoms with Crippen LogP contribution < -0.4 is 11.3 Å². The van der Waals surface area contributed by atoms with Gasteiger partial charge in [0.05, 0.1) is 0 Å². The Labute approximate surface area is 78.5 Å². The molecule has 0 bridgehead atoms. The predicted molar refractivity (Wildman–Crippen MR) is 49.5 cm³/mol. The first-order valence-corrected chi connectivity index (χ1v) is 3.93. The highest BCUT2D eigenvalue weighted by Crippen LogP contribution is 2.24. The fraction of sp³-hybridized carbons (Fsp3) is 0. The van der Waals surface area contributed by atoms with E-state index in [4.69, 9.17) is 5.84 Å². The number of rotatable bonds is 1. The number of pyridine rings is 1. The molecule has 0 radical (unpaired) electrons. The summed E-state index contributed by atoms with van der Waals surface area (Å²) in [6, 6.07) is 3.87. The lowest BCUT2D eigenvalue weighted by atomic mass is 10.1. The van der Waals surface area contributed by atoms with Crippen LogP contribution in [-0.2, 0) is 0 Å². The van der Waals surface area contributed by atoms with Crippen molar-refractivity contribution < 1.29 is 8.78 Å². The number of nitrogens with one attached hydrogen (secondary N) is 1. The summed E-state index contributed by atoms with van der Waals surface area (Å²) in [5.74, 6) is 3.73. The maximum absolute atomic E-state index is 13.2. The van der Waals surface area contributed by atoms with Gasteiger partial charge in [0.2, 0.25) is 0 Å². The van der Waals surface area contributed by atoms with E-state index in [1.54, 1.807) is 0 Å². The number of fused-ring (bicyclic) bond motifs is 1. The van der Waals surface area contributed by atoms with Gasteiger partial charge in [-0.3, -0.25) is 0 Å². The molecule has 1 heterocycles. The van der Waals surface area contributed by atoms with Gasteiger partial charge >= 0.3 is 0 Å². The Bertz CT molecular complexity index is 485. The van der Waals surface area contributed by atoms with Gasteiger partial charge in [0.15, 0.2) is 11.6 Å². The fourth-order valence-electron chi connectivity index (χ4n) is 1.31. The molecule has 0 aliphatic heterocycles. The average Bonchev–Trinajstić information content (AvgIpc) is 2.23. The highest BCUT2D eigenvalue weighted by atomic mass is 19.2. The SMILES string of the molecule is NNc1nccc2c(F)c(F)ccc12. The van der Waals surface area contributed by atoms with Gasteiger partial charge in [0.1, 0.15) is 5.82 Å². The van der Waals surface area contributed by atoms with E-state index in [1.807, 2.05) is 0 Å². The molecule has 2 rings (SSSR count). The van der Waals surface area contributed by atoms with Crippen LogP contribution in [0.15, 0.2) is 24.4 Å². The van der Waals surface area contributed by atoms with E-state index in [2.05, 4.69) is 10.4 Å². The Hall–Kier alpha value is -1.75. The highest BCUT2D eigenvalue weighted by molar-refractivity contribution is 5.91. The molecule has 3 N–H and O–H groups in total. The zero-order chi connectivity index (χ0) is 10.1. The summed E-state index contributed by atoms with van der Waals surface area (Å²) in [5.41, 5.74) is 2.32. The van der Waals surface area contributed by atoms with E-state index in [1.165, 1.54) is 18.3 Å². The van der Waals surface area contributed by atoms with Crippen LogP contribution in [0, 0.1) is 11.6 Å². The number of hydrazine groups is 1. The zero-order valence-electron chi connectivity index (χ0n) is 7.09. The first-order chi connectivity index (χ1) is 6.74. The lowest BCUT2D eigenvalue weighted by Crippen LogP contribution is -2.09. The van der Waals surface area contributed by atoms with Crippen LogP contribution in [0.5, 0.6) is 0 Å². The second kappa shape index (κ2) is 3.19. The Morgan fingerprint density at radius 2 is 1.93 bits per heavy atom. The van der Waals surface area contributed by atoms with E-state index < -0.39 is 11.6 Å². The van der Waals surface area contributed by atoms with E-state index in [9.17, 15) is 8.78 Å². The summed E-state index contributed by atoms with van der Waals surface area (Å²) in [6.07, 6.45) is 1.36. The van der Waals surface area contributed by atoms with Gasteiger partial charge in [-0.15, -0.1) is 0 Å². The molecule has 14 heavy (non-hydrogen) atoms. The zero-order valence-corrected chi connectivity index (χ0v) is 7.09. The number of nitrogens with zero attached hydrogens (tertiary/aromatic N) is 1. The molecular weight excluding hydrogens is 188 g/mol. The third-order valence-electron chi connectivity index (χ3n) is 1.97. The molecule has 0 aliphatic rings. The summed E-state index contributed by atoms with van der Waals surface area (Å²) < 4.78 is 26.1. The number of hydrogen-bond donors (Lipinski definition) is 2. The number of anilines is 1. The maximum atomic E-state index is 13.2. The molecule has 3 nitrogen and oxygen atoms in total. The molecule has 0 atom stereocenters. The van der Waals surface area contributed by atoms with Crippen LogP contribution in [0.4, 0.5) is 14.6 Å². The van der Waals surface area contributed by atoms with Crippen molar-refractivity contribution in [3.63, 3.8) is 0 Å². The maximum Gasteiger partial charge on any atom is 0.166 e. The van der Waals surface area contributed by atoms with Crippen LogP contribution in [0.1, 0.15) is 0 Å². The minimum Gasteiger partial charge on any atom is -0.308 e. The Kier molecular flexibility index (Phi) is 2.01. The van der Waals surface area contributed by atoms with Crippen molar-refractivity contribution >= 4 is 16.6 Å². The molecule has 0 aliphatic carbocycles. The van der Waals surface area contributed by atoms with Crippen LogP contribution in [0.2, 0.25) is 0 Å². The van der Waals surface area contributed by atoms with Gasteiger partial charge in [-0.05, 0) is 18.2 Å². The molecule has 0 saturated carbocycles. The first-order valence-electron chi connectivity index (χ1n) is 3.93. The Balaban J connectivity index is 2.86. The predicted octanol–water partition coefficient (Wildman–Crippen LogP) is 1.80. The standard InChI is InChI=1S/C9H7F2N3/c10-7-2-1-6-5(8(7)11)3-4-13-9(6)14-12/h1-4H,12H2,(H,13,14). The van der Waals surface area contributed by atoms with Crippen molar-refractivity contribution in [2.75, 3.05) is 5.43 Å². The lowest BCUT2D eigenvalue weighted by Gasteiger charge is -2.04. The third-order valence-corrected chi connectivity index (χ3v) is 1.97. The largest absolute Gasteiger partial charge is 0.308 e. The summed E-state index contributed by atoms with van der Waals surface area (Å²) in [6.45, 7) is 0. The van der Waals surface area contributed by atoms with Crippen LogP contribution in [-0.4, -0.2) is 4.98 Å². The molecule has 5 heteroatoms. The van der Waals surface area contributed by atoms with Crippen LogP contribution in [0.25, 0.3) is 10.8 Å². The van der Waals surface area contributed by atoms with E-state index in [-0.39, 0.29) is 5.39 Å². The van der Waals surface area contributed by atoms with Crippen LogP contribution in [0.3, 0.4) is 0 Å². The van der Waals surface area contributed by atoms with Gasteiger partial charge in [0.25, 0.3) is 0 Å². The van der Waals surface area contributed by atoms with Gasteiger partial charge in [0, 0.05) is 17.0 Å². The number of nitrogens with two attached hydrogens (primary N) is 1. The number of nitrogen functional groups attached to an aromatic ring is 1. The average molecular weight is 195 g/mol. The molecule has 0 unspecified atom stereocenters. The minimum absolute atomic E-state index is 0.160. The monoisotopic (exact) mass is 195 g/mol. The van der Waals surface area contributed by atoms with Crippen molar-refractivity contribution in [1.29, 1.82) is 0 Å². The van der Waals surface area contributed by atoms with Crippen molar-refractivity contribution in [3.8, 4) is 0 Å². The number of hydrogen-bond acceptors (Lipinski definition) is 3. The van der Waals surface area contributed by atoms with E-state index >= 15 is 0 Å². The second-order valence-corrected chi connectivity index (χ2v) is 2.76. The van der Waals surface area contributed by atoms with Crippen molar-refractivity contribution in [2.24, 2.45) is 5.84 Å². The molecule has 0 fully saturated rings. The molecule has 0 saturated heterocycles. The summed E-state index contributed by atoms with van der Waals surface area (Å²) >= 11 is 0.